The van der Waals surface area contributed by atoms with Crippen molar-refractivity contribution in [2.75, 3.05) is 11.9 Å². The normalized spacial score (nSPS) is 13.7. The van der Waals surface area contributed by atoms with Crippen molar-refractivity contribution >= 4 is 34.2 Å². The lowest BCUT2D eigenvalue weighted by atomic mass is 9.96. The Hall–Kier alpha value is -3.71. The van der Waals surface area contributed by atoms with Gasteiger partial charge in [0, 0.05) is 25.1 Å². The number of carboxylic acids is 1. The van der Waals surface area contributed by atoms with Gasteiger partial charge in [-0.25, -0.2) is 0 Å². The molecular formula is C26H27N3O4. The van der Waals surface area contributed by atoms with Crippen molar-refractivity contribution in [2.24, 2.45) is 0 Å². The zero-order valence-electron chi connectivity index (χ0n) is 18.3. The third-order valence-corrected chi connectivity index (χ3v) is 5.87. The largest absolute Gasteiger partial charge is 0.481 e. The predicted molar refractivity (Wildman–Crippen MR) is 127 cm³/mol. The summed E-state index contributed by atoms with van der Waals surface area (Å²) >= 11 is 0. The third kappa shape index (κ3) is 5.75. The standard InChI is InChI=1S/C26H27N3O4/c30-24(28-20-9-8-17-12-13-27-16-19(17)14-20)10-11-25(31)29-23(15-26(32)33)22-7-3-5-18-4-1-2-6-21(18)22/h1-9,14,23,27H,10-13,15-16H2,(H,28,30)(H,29,31)(H,32,33). The van der Waals surface area contributed by atoms with Crippen molar-refractivity contribution in [3.8, 4) is 0 Å². The van der Waals surface area contributed by atoms with E-state index in [0.717, 1.165) is 35.8 Å². The fourth-order valence-electron chi connectivity index (χ4n) is 4.24. The molecule has 1 aliphatic heterocycles. The molecule has 0 aromatic heterocycles. The number of carbonyl (C=O) groups excluding carboxylic acids is 2. The van der Waals surface area contributed by atoms with Gasteiger partial charge in [-0.15, -0.1) is 0 Å². The van der Waals surface area contributed by atoms with E-state index in [4.69, 9.17) is 0 Å². The van der Waals surface area contributed by atoms with Crippen LogP contribution >= 0.6 is 0 Å². The highest BCUT2D eigenvalue weighted by atomic mass is 16.4. The molecule has 1 heterocycles. The van der Waals surface area contributed by atoms with Gasteiger partial charge in [-0.1, -0.05) is 48.5 Å². The summed E-state index contributed by atoms with van der Waals surface area (Å²) in [7, 11) is 0. The van der Waals surface area contributed by atoms with Gasteiger partial charge in [-0.05, 0) is 52.6 Å². The van der Waals surface area contributed by atoms with Crippen molar-refractivity contribution in [2.45, 2.75) is 38.3 Å². The van der Waals surface area contributed by atoms with Crippen LogP contribution < -0.4 is 16.0 Å². The molecule has 0 spiro atoms. The first-order valence-electron chi connectivity index (χ1n) is 11.1. The van der Waals surface area contributed by atoms with Crippen LogP contribution in [-0.4, -0.2) is 29.4 Å². The molecule has 3 aromatic carbocycles. The van der Waals surface area contributed by atoms with E-state index < -0.39 is 12.0 Å². The minimum absolute atomic E-state index is 0.0104. The van der Waals surface area contributed by atoms with Crippen LogP contribution in [0.4, 0.5) is 5.69 Å². The van der Waals surface area contributed by atoms with E-state index in [1.165, 1.54) is 11.1 Å². The Morgan fingerprint density at radius 2 is 1.73 bits per heavy atom. The summed E-state index contributed by atoms with van der Waals surface area (Å²) in [6, 6.07) is 18.5. The van der Waals surface area contributed by atoms with E-state index >= 15 is 0 Å². The number of fused-ring (bicyclic) bond motifs is 2. The maximum Gasteiger partial charge on any atom is 0.305 e. The smallest absolute Gasteiger partial charge is 0.305 e. The van der Waals surface area contributed by atoms with Crippen LogP contribution in [0, 0.1) is 0 Å². The van der Waals surface area contributed by atoms with E-state index in [-0.39, 0.29) is 31.1 Å². The molecule has 4 rings (SSSR count). The maximum atomic E-state index is 12.6. The molecule has 1 unspecified atom stereocenters. The molecule has 0 aliphatic carbocycles. The number of rotatable bonds is 8. The Morgan fingerprint density at radius 1 is 0.939 bits per heavy atom. The predicted octanol–water partition coefficient (Wildman–Crippen LogP) is 3.54. The van der Waals surface area contributed by atoms with Crippen molar-refractivity contribution in [3.63, 3.8) is 0 Å². The summed E-state index contributed by atoms with van der Waals surface area (Å²) in [5, 5.41) is 20.2. The van der Waals surface area contributed by atoms with Gasteiger partial charge in [-0.3, -0.25) is 14.4 Å². The average molecular weight is 446 g/mol. The summed E-state index contributed by atoms with van der Waals surface area (Å²) in [6.45, 7) is 1.73. The molecule has 0 radical (unpaired) electrons. The quantitative estimate of drug-likeness (QED) is 0.424. The van der Waals surface area contributed by atoms with Crippen LogP contribution in [-0.2, 0) is 27.3 Å². The van der Waals surface area contributed by atoms with E-state index in [1.807, 2.05) is 60.7 Å². The number of benzene rings is 3. The highest BCUT2D eigenvalue weighted by Gasteiger charge is 2.20. The number of anilines is 1. The van der Waals surface area contributed by atoms with Gasteiger partial charge in [0.2, 0.25) is 11.8 Å². The zero-order valence-corrected chi connectivity index (χ0v) is 18.3. The molecule has 33 heavy (non-hydrogen) atoms. The first-order chi connectivity index (χ1) is 16.0. The summed E-state index contributed by atoms with van der Waals surface area (Å²) < 4.78 is 0. The number of carbonyl (C=O) groups is 3. The fourth-order valence-corrected chi connectivity index (χ4v) is 4.24. The van der Waals surface area contributed by atoms with Crippen LogP contribution in [0.3, 0.4) is 0 Å². The molecule has 0 bridgehead atoms. The van der Waals surface area contributed by atoms with Crippen LogP contribution in [0.5, 0.6) is 0 Å². The monoisotopic (exact) mass is 445 g/mol. The first-order valence-corrected chi connectivity index (χ1v) is 11.1. The molecule has 0 fully saturated rings. The van der Waals surface area contributed by atoms with E-state index in [0.29, 0.717) is 5.69 Å². The first kappa shape index (κ1) is 22.5. The van der Waals surface area contributed by atoms with Crippen LogP contribution in [0.1, 0.15) is 42.0 Å². The second kappa shape index (κ2) is 10.3. The number of hydrogen-bond acceptors (Lipinski definition) is 4. The molecule has 7 heteroatoms. The Labute approximate surface area is 192 Å². The number of carboxylic acid groups (broad SMARTS) is 1. The van der Waals surface area contributed by atoms with Gasteiger partial charge < -0.3 is 21.1 Å². The molecule has 0 saturated carbocycles. The van der Waals surface area contributed by atoms with Gasteiger partial charge in [0.1, 0.15) is 0 Å². The lowest BCUT2D eigenvalue weighted by Gasteiger charge is -2.20. The SMILES string of the molecule is O=C(O)CC(NC(=O)CCC(=O)Nc1ccc2c(c1)CNCC2)c1cccc2ccccc12. The molecule has 1 atom stereocenters. The molecule has 3 aromatic rings. The van der Waals surface area contributed by atoms with E-state index in [2.05, 4.69) is 16.0 Å². The van der Waals surface area contributed by atoms with Crippen molar-refractivity contribution in [1.82, 2.24) is 10.6 Å². The van der Waals surface area contributed by atoms with E-state index in [9.17, 15) is 19.5 Å². The van der Waals surface area contributed by atoms with Crippen LogP contribution in [0.2, 0.25) is 0 Å². The average Bonchev–Trinajstić information content (AvgIpc) is 2.81. The van der Waals surface area contributed by atoms with Crippen molar-refractivity contribution in [1.29, 1.82) is 0 Å². The molecule has 1 aliphatic rings. The number of amides is 2. The second-order valence-electron chi connectivity index (χ2n) is 8.24. The van der Waals surface area contributed by atoms with Gasteiger partial charge in [0.05, 0.1) is 12.5 Å². The Bertz CT molecular complexity index is 1190. The number of aliphatic carboxylic acids is 1. The topological polar surface area (TPSA) is 108 Å². The highest BCUT2D eigenvalue weighted by molar-refractivity contribution is 5.93. The van der Waals surface area contributed by atoms with Crippen LogP contribution in [0.15, 0.2) is 60.7 Å². The Morgan fingerprint density at radius 3 is 2.58 bits per heavy atom. The molecular weight excluding hydrogens is 418 g/mol. The maximum absolute atomic E-state index is 12.6. The van der Waals surface area contributed by atoms with E-state index in [1.54, 1.807) is 0 Å². The molecule has 170 valence electrons. The van der Waals surface area contributed by atoms with Gasteiger partial charge in [0.25, 0.3) is 0 Å². The highest BCUT2D eigenvalue weighted by Crippen LogP contribution is 2.26. The third-order valence-electron chi connectivity index (χ3n) is 5.87. The summed E-state index contributed by atoms with van der Waals surface area (Å²) in [4.78, 5) is 36.4. The van der Waals surface area contributed by atoms with Crippen molar-refractivity contribution < 1.29 is 19.5 Å². The Kier molecular flexibility index (Phi) is 7.00. The molecule has 0 saturated heterocycles. The summed E-state index contributed by atoms with van der Waals surface area (Å²) in [5.74, 6) is -1.62. The number of nitrogens with one attached hydrogen (secondary N) is 3. The van der Waals surface area contributed by atoms with Gasteiger partial charge >= 0.3 is 5.97 Å². The minimum atomic E-state index is -1.01. The summed E-state index contributed by atoms with van der Waals surface area (Å²) in [6.07, 6.45) is 0.711. The zero-order chi connectivity index (χ0) is 23.2. The second-order valence-corrected chi connectivity index (χ2v) is 8.24. The molecule has 4 N–H and O–H groups in total. The fraction of sp³-hybridized carbons (Fsp3) is 0.269. The lowest BCUT2D eigenvalue weighted by molar-refractivity contribution is -0.138. The van der Waals surface area contributed by atoms with Gasteiger partial charge in [-0.2, -0.15) is 0 Å². The number of hydrogen-bond donors (Lipinski definition) is 4. The minimum Gasteiger partial charge on any atom is -0.481 e. The molecule has 2 amide bonds. The summed E-state index contributed by atoms with van der Waals surface area (Å²) in [5.41, 5.74) is 3.91. The van der Waals surface area contributed by atoms with Gasteiger partial charge in [0.15, 0.2) is 0 Å². The van der Waals surface area contributed by atoms with Crippen LogP contribution in [0.25, 0.3) is 10.8 Å². The molecule has 7 nitrogen and oxygen atoms in total. The lowest BCUT2D eigenvalue weighted by Crippen LogP contribution is -2.31. The van der Waals surface area contributed by atoms with Crippen molar-refractivity contribution in [3.05, 3.63) is 77.4 Å². The Balaban J connectivity index is 1.37.